The first-order valence-corrected chi connectivity index (χ1v) is 8.31. The Bertz CT molecular complexity index is 613. The zero-order chi connectivity index (χ0) is 14.9. The van der Waals surface area contributed by atoms with E-state index < -0.39 is 10.0 Å². The Balaban J connectivity index is 2.18. The van der Waals surface area contributed by atoms with Crippen LogP contribution in [-0.4, -0.2) is 44.0 Å². The molecule has 0 fully saturated rings. The van der Waals surface area contributed by atoms with Crippen LogP contribution in [0.3, 0.4) is 0 Å². The van der Waals surface area contributed by atoms with Gasteiger partial charge < -0.3 is 4.90 Å². The van der Waals surface area contributed by atoms with Crippen molar-refractivity contribution in [3.63, 3.8) is 0 Å². The second-order valence-electron chi connectivity index (χ2n) is 5.10. The maximum atomic E-state index is 12.4. The molecule has 20 heavy (non-hydrogen) atoms. The van der Waals surface area contributed by atoms with E-state index in [9.17, 15) is 13.2 Å². The van der Waals surface area contributed by atoms with E-state index in [1.165, 1.54) is 7.05 Å². The van der Waals surface area contributed by atoms with E-state index >= 15 is 0 Å². The molecule has 0 N–H and O–H groups in total. The van der Waals surface area contributed by atoms with Crippen LogP contribution in [-0.2, 0) is 21.2 Å². The second kappa shape index (κ2) is 5.54. The maximum absolute atomic E-state index is 12.4. The molecular formula is C14H20N2O3S. The summed E-state index contributed by atoms with van der Waals surface area (Å²) < 4.78 is 24.6. The van der Waals surface area contributed by atoms with Crippen LogP contribution in [0.2, 0.25) is 0 Å². The van der Waals surface area contributed by atoms with Gasteiger partial charge in [0.05, 0.1) is 12.3 Å². The van der Waals surface area contributed by atoms with Crippen molar-refractivity contribution in [3.8, 4) is 0 Å². The zero-order valence-corrected chi connectivity index (χ0v) is 12.9. The topological polar surface area (TPSA) is 57.7 Å². The van der Waals surface area contributed by atoms with Gasteiger partial charge in [0, 0.05) is 18.8 Å². The highest BCUT2D eigenvalue weighted by molar-refractivity contribution is 7.89. The number of hydrogen-bond acceptors (Lipinski definition) is 3. The van der Waals surface area contributed by atoms with Crippen LogP contribution < -0.4 is 4.90 Å². The van der Waals surface area contributed by atoms with E-state index in [4.69, 9.17) is 0 Å². The number of para-hydroxylation sites is 1. The van der Waals surface area contributed by atoms with Gasteiger partial charge in [0.2, 0.25) is 15.9 Å². The molecule has 0 radical (unpaired) electrons. The lowest BCUT2D eigenvalue weighted by molar-refractivity contribution is -0.118. The predicted octanol–water partition coefficient (Wildman–Crippen LogP) is 1.25. The summed E-state index contributed by atoms with van der Waals surface area (Å²) in [7, 11) is -1.88. The van der Waals surface area contributed by atoms with Crippen LogP contribution in [0, 0.1) is 0 Å². The van der Waals surface area contributed by atoms with Crippen molar-refractivity contribution in [1.82, 2.24) is 4.31 Å². The molecule has 1 amide bonds. The number of anilines is 1. The van der Waals surface area contributed by atoms with Crippen LogP contribution in [0.5, 0.6) is 0 Å². The molecule has 0 aromatic heterocycles. The zero-order valence-electron chi connectivity index (χ0n) is 12.0. The lowest BCUT2D eigenvalue weighted by atomic mass is 10.1. The number of fused-ring (bicyclic) bond motifs is 1. The van der Waals surface area contributed by atoms with Crippen LogP contribution in [0.4, 0.5) is 5.69 Å². The van der Waals surface area contributed by atoms with E-state index in [1.54, 1.807) is 11.8 Å². The summed E-state index contributed by atoms with van der Waals surface area (Å²) >= 11 is 0. The molecule has 1 aliphatic rings. The Morgan fingerprint density at radius 2 is 2.05 bits per heavy atom. The first kappa shape index (κ1) is 15.0. The van der Waals surface area contributed by atoms with Gasteiger partial charge in [-0.05, 0) is 31.9 Å². The van der Waals surface area contributed by atoms with Crippen molar-refractivity contribution in [2.24, 2.45) is 0 Å². The van der Waals surface area contributed by atoms with Crippen LogP contribution in [0.15, 0.2) is 24.3 Å². The minimum atomic E-state index is -3.33. The van der Waals surface area contributed by atoms with Gasteiger partial charge in [-0.1, -0.05) is 18.2 Å². The smallest absolute Gasteiger partial charge is 0.242 e. The Morgan fingerprint density at radius 1 is 1.40 bits per heavy atom. The van der Waals surface area contributed by atoms with E-state index in [-0.39, 0.29) is 24.2 Å². The average Bonchev–Trinajstić information content (AvgIpc) is 2.74. The molecule has 0 saturated heterocycles. The summed E-state index contributed by atoms with van der Waals surface area (Å²) in [5.74, 6) is -0.176. The molecule has 1 atom stereocenters. The fourth-order valence-electron chi connectivity index (χ4n) is 2.53. The molecule has 0 saturated carbocycles. The van der Waals surface area contributed by atoms with E-state index in [2.05, 4.69) is 0 Å². The third kappa shape index (κ3) is 2.71. The van der Waals surface area contributed by atoms with E-state index in [0.29, 0.717) is 0 Å². The monoisotopic (exact) mass is 296 g/mol. The summed E-state index contributed by atoms with van der Waals surface area (Å²) in [6, 6.07) is 7.82. The summed E-state index contributed by atoms with van der Waals surface area (Å²) in [5.41, 5.74) is 2.03. The van der Waals surface area contributed by atoms with Gasteiger partial charge in [0.15, 0.2) is 0 Å². The Labute approximate surface area is 120 Å². The predicted molar refractivity (Wildman–Crippen MR) is 79.2 cm³/mol. The van der Waals surface area contributed by atoms with Crippen molar-refractivity contribution in [2.75, 3.05) is 24.2 Å². The van der Waals surface area contributed by atoms with Crippen molar-refractivity contribution in [3.05, 3.63) is 29.8 Å². The quantitative estimate of drug-likeness (QED) is 0.840. The highest BCUT2D eigenvalue weighted by Crippen LogP contribution is 2.31. The summed E-state index contributed by atoms with van der Waals surface area (Å²) in [6.07, 6.45) is 0.812. The van der Waals surface area contributed by atoms with Gasteiger partial charge in [0.25, 0.3) is 0 Å². The Morgan fingerprint density at radius 3 is 2.70 bits per heavy atom. The second-order valence-corrected chi connectivity index (χ2v) is 7.47. The molecule has 1 unspecified atom stereocenters. The largest absolute Gasteiger partial charge is 0.308 e. The third-order valence-corrected chi connectivity index (χ3v) is 5.48. The SMILES string of the molecule is CCS(=O)(=O)N(C)CC(=O)N1c2ccccc2CC1C. The lowest BCUT2D eigenvalue weighted by Crippen LogP contribution is -2.44. The number of hydrogen-bond donors (Lipinski definition) is 0. The molecule has 1 aliphatic heterocycles. The molecular weight excluding hydrogens is 276 g/mol. The fourth-order valence-corrected chi connectivity index (χ4v) is 3.28. The molecule has 110 valence electrons. The minimum absolute atomic E-state index is 0.00290. The van der Waals surface area contributed by atoms with Crippen molar-refractivity contribution in [1.29, 1.82) is 0 Å². The number of sulfonamides is 1. The number of carbonyl (C=O) groups excluding carboxylic acids is 1. The third-order valence-electron chi connectivity index (χ3n) is 3.67. The molecule has 0 aliphatic carbocycles. The molecule has 6 heteroatoms. The number of nitrogens with zero attached hydrogens (tertiary/aromatic N) is 2. The van der Waals surface area contributed by atoms with E-state index in [1.807, 2.05) is 31.2 Å². The Kier molecular flexibility index (Phi) is 4.15. The summed E-state index contributed by atoms with van der Waals surface area (Å²) in [6.45, 7) is 3.44. The number of amides is 1. The average molecular weight is 296 g/mol. The van der Waals surface area contributed by atoms with Gasteiger partial charge >= 0.3 is 0 Å². The molecule has 2 rings (SSSR count). The highest BCUT2D eigenvalue weighted by atomic mass is 32.2. The lowest BCUT2D eigenvalue weighted by Gasteiger charge is -2.25. The molecule has 0 bridgehead atoms. The molecule has 1 aromatic rings. The van der Waals surface area contributed by atoms with Crippen LogP contribution in [0.1, 0.15) is 19.4 Å². The number of likely N-dealkylation sites (N-methyl/N-ethyl adjacent to an activating group) is 1. The van der Waals surface area contributed by atoms with Gasteiger partial charge in [-0.3, -0.25) is 4.79 Å². The van der Waals surface area contributed by atoms with Crippen molar-refractivity contribution in [2.45, 2.75) is 26.3 Å². The van der Waals surface area contributed by atoms with Gasteiger partial charge in [-0.2, -0.15) is 4.31 Å². The van der Waals surface area contributed by atoms with E-state index in [0.717, 1.165) is 22.0 Å². The highest BCUT2D eigenvalue weighted by Gasteiger charge is 2.32. The van der Waals surface area contributed by atoms with Gasteiger partial charge in [-0.15, -0.1) is 0 Å². The first-order valence-electron chi connectivity index (χ1n) is 6.70. The van der Waals surface area contributed by atoms with Gasteiger partial charge in [-0.25, -0.2) is 8.42 Å². The summed E-state index contributed by atoms with van der Waals surface area (Å²) in [4.78, 5) is 14.1. The molecule has 1 heterocycles. The number of rotatable bonds is 4. The maximum Gasteiger partial charge on any atom is 0.242 e. The molecule has 1 aromatic carbocycles. The number of benzene rings is 1. The number of carbonyl (C=O) groups is 1. The Hall–Kier alpha value is -1.40. The van der Waals surface area contributed by atoms with Crippen molar-refractivity contribution >= 4 is 21.6 Å². The first-order chi connectivity index (χ1) is 9.36. The van der Waals surface area contributed by atoms with Gasteiger partial charge in [0.1, 0.15) is 0 Å². The molecule has 5 nitrogen and oxygen atoms in total. The van der Waals surface area contributed by atoms with Crippen molar-refractivity contribution < 1.29 is 13.2 Å². The van der Waals surface area contributed by atoms with Crippen LogP contribution >= 0.6 is 0 Å². The normalized spacial score (nSPS) is 18.4. The standard InChI is InChI=1S/C14H20N2O3S/c1-4-20(18,19)15(3)10-14(17)16-11(2)9-12-7-5-6-8-13(12)16/h5-8,11H,4,9-10H2,1-3H3. The fraction of sp³-hybridized carbons (Fsp3) is 0.500. The molecule has 0 spiro atoms. The minimum Gasteiger partial charge on any atom is -0.308 e. The summed E-state index contributed by atoms with van der Waals surface area (Å²) in [5, 5.41) is 0. The van der Waals surface area contributed by atoms with Crippen LogP contribution in [0.25, 0.3) is 0 Å².